The Morgan fingerprint density at radius 2 is 2.21 bits per heavy atom. The van der Waals surface area contributed by atoms with E-state index in [0.29, 0.717) is 5.69 Å². The Balaban J connectivity index is 2.49. The van der Waals surface area contributed by atoms with Gasteiger partial charge in [0.15, 0.2) is 6.61 Å². The number of rotatable bonds is 5. The van der Waals surface area contributed by atoms with Crippen molar-refractivity contribution in [1.29, 1.82) is 5.26 Å². The van der Waals surface area contributed by atoms with Crippen LogP contribution in [-0.4, -0.2) is 25.0 Å². The fraction of sp³-hybridized carbons (Fsp3) is 0.308. The number of nitrogens with two attached hydrogens (primary N) is 1. The molecule has 3 N–H and O–H groups in total. The van der Waals surface area contributed by atoms with Gasteiger partial charge in [-0.15, -0.1) is 0 Å². The highest BCUT2D eigenvalue weighted by atomic mass is 16.5. The highest BCUT2D eigenvalue weighted by Gasteiger charge is 2.13. The Kier molecular flexibility index (Phi) is 5.35. The van der Waals surface area contributed by atoms with Crippen molar-refractivity contribution in [3.05, 3.63) is 29.3 Å². The lowest BCUT2D eigenvalue weighted by Gasteiger charge is -2.07. The van der Waals surface area contributed by atoms with Crippen molar-refractivity contribution >= 4 is 17.6 Å². The molecule has 6 heteroatoms. The Morgan fingerprint density at radius 1 is 1.47 bits per heavy atom. The summed E-state index contributed by atoms with van der Waals surface area (Å²) in [5.41, 5.74) is 7.08. The molecule has 0 aliphatic carbocycles. The number of carbonyl (C=O) groups is 2. The average Bonchev–Trinajstić information content (AvgIpc) is 2.39. The van der Waals surface area contributed by atoms with Crippen LogP contribution in [0.1, 0.15) is 22.3 Å². The lowest BCUT2D eigenvalue weighted by Crippen LogP contribution is -2.29. The molecular formula is C13H15N3O3. The zero-order chi connectivity index (χ0) is 14.3. The molecule has 0 fully saturated rings. The number of hydrogen-bond donors (Lipinski definition) is 2. The van der Waals surface area contributed by atoms with Gasteiger partial charge in [-0.25, -0.2) is 4.79 Å². The van der Waals surface area contributed by atoms with Gasteiger partial charge < -0.3 is 15.8 Å². The van der Waals surface area contributed by atoms with Gasteiger partial charge in [0, 0.05) is 12.2 Å². The van der Waals surface area contributed by atoms with Gasteiger partial charge in [0.25, 0.3) is 5.91 Å². The summed E-state index contributed by atoms with van der Waals surface area (Å²) in [7, 11) is 0. The lowest BCUT2D eigenvalue weighted by molar-refractivity contribution is -0.124. The van der Waals surface area contributed by atoms with E-state index in [1.54, 1.807) is 18.2 Å². The van der Waals surface area contributed by atoms with E-state index in [1.807, 2.05) is 13.0 Å². The maximum absolute atomic E-state index is 11.7. The number of hydrogen-bond acceptors (Lipinski definition) is 5. The molecule has 100 valence electrons. The normalized spacial score (nSPS) is 9.47. The second-order valence-corrected chi connectivity index (χ2v) is 3.92. The van der Waals surface area contributed by atoms with Crippen molar-refractivity contribution in [2.24, 2.45) is 0 Å². The molecule has 0 radical (unpaired) electrons. The van der Waals surface area contributed by atoms with Gasteiger partial charge in [-0.3, -0.25) is 4.79 Å². The summed E-state index contributed by atoms with van der Waals surface area (Å²) in [5, 5.41) is 10.7. The lowest BCUT2D eigenvalue weighted by atomic mass is 10.1. The molecule has 19 heavy (non-hydrogen) atoms. The van der Waals surface area contributed by atoms with Crippen molar-refractivity contribution in [3.63, 3.8) is 0 Å². The Bertz CT molecular complexity index is 520. The zero-order valence-electron chi connectivity index (χ0n) is 10.6. The van der Waals surface area contributed by atoms with Crippen LogP contribution in [-0.2, 0) is 9.53 Å². The Labute approximate surface area is 111 Å². The van der Waals surface area contributed by atoms with Crippen LogP contribution in [0, 0.1) is 18.3 Å². The fourth-order valence-corrected chi connectivity index (χ4v) is 1.36. The predicted octanol–water partition coefficient (Wildman–Crippen LogP) is 0.764. The standard InChI is InChI=1S/C13H15N3O3/c1-9-3-4-11(15)10(7-9)13(18)19-8-12(17)16-6-2-5-14/h3-4,7H,2,6,8,15H2,1H3,(H,16,17). The van der Waals surface area contributed by atoms with Crippen molar-refractivity contribution in [3.8, 4) is 6.07 Å². The molecule has 0 heterocycles. The van der Waals surface area contributed by atoms with Crippen LogP contribution in [0.3, 0.4) is 0 Å². The van der Waals surface area contributed by atoms with Crippen LogP contribution in [0.4, 0.5) is 5.69 Å². The first-order chi connectivity index (χ1) is 9.04. The third kappa shape index (κ3) is 4.68. The molecule has 0 saturated heterocycles. The SMILES string of the molecule is Cc1ccc(N)c(C(=O)OCC(=O)NCCC#N)c1. The number of aryl methyl sites for hydroxylation is 1. The monoisotopic (exact) mass is 261 g/mol. The number of carbonyl (C=O) groups excluding carboxylic acids is 2. The molecule has 0 aromatic heterocycles. The highest BCUT2D eigenvalue weighted by molar-refractivity contribution is 5.96. The van der Waals surface area contributed by atoms with E-state index >= 15 is 0 Å². The Hall–Kier alpha value is -2.55. The average molecular weight is 261 g/mol. The molecule has 1 amide bonds. The van der Waals surface area contributed by atoms with Gasteiger partial charge in [-0.2, -0.15) is 5.26 Å². The number of nitrogens with zero attached hydrogens (tertiary/aromatic N) is 1. The first kappa shape index (κ1) is 14.5. The molecule has 0 aliphatic rings. The van der Waals surface area contributed by atoms with Gasteiger partial charge >= 0.3 is 5.97 Å². The summed E-state index contributed by atoms with van der Waals surface area (Å²) in [4.78, 5) is 23.0. The molecule has 0 unspecified atom stereocenters. The van der Waals surface area contributed by atoms with E-state index in [2.05, 4.69) is 5.32 Å². The zero-order valence-corrected chi connectivity index (χ0v) is 10.6. The molecule has 0 atom stereocenters. The molecule has 6 nitrogen and oxygen atoms in total. The Morgan fingerprint density at radius 3 is 2.89 bits per heavy atom. The van der Waals surface area contributed by atoms with Crippen molar-refractivity contribution < 1.29 is 14.3 Å². The van der Waals surface area contributed by atoms with Gasteiger partial charge in [0.1, 0.15) is 0 Å². The summed E-state index contributed by atoms with van der Waals surface area (Å²) in [6, 6.07) is 6.88. The van der Waals surface area contributed by atoms with Gasteiger partial charge in [0.05, 0.1) is 18.1 Å². The summed E-state index contributed by atoms with van der Waals surface area (Å²) in [5.74, 6) is -1.09. The largest absolute Gasteiger partial charge is 0.452 e. The number of benzene rings is 1. The third-order valence-corrected chi connectivity index (χ3v) is 2.32. The van der Waals surface area contributed by atoms with E-state index < -0.39 is 18.5 Å². The van der Waals surface area contributed by atoms with Crippen molar-refractivity contribution in [2.45, 2.75) is 13.3 Å². The molecule has 1 aromatic rings. The van der Waals surface area contributed by atoms with Crippen LogP contribution in [0.15, 0.2) is 18.2 Å². The van der Waals surface area contributed by atoms with E-state index in [4.69, 9.17) is 15.7 Å². The van der Waals surface area contributed by atoms with Crippen LogP contribution in [0.25, 0.3) is 0 Å². The number of nitriles is 1. The molecule has 0 spiro atoms. The topological polar surface area (TPSA) is 105 Å². The quantitative estimate of drug-likeness (QED) is 0.462. The number of nitrogen functional groups attached to an aromatic ring is 1. The minimum atomic E-state index is -0.642. The minimum absolute atomic E-state index is 0.213. The van der Waals surface area contributed by atoms with E-state index in [9.17, 15) is 9.59 Å². The molecule has 0 saturated carbocycles. The van der Waals surface area contributed by atoms with Gasteiger partial charge in [0.2, 0.25) is 0 Å². The van der Waals surface area contributed by atoms with Gasteiger partial charge in [-0.1, -0.05) is 11.6 Å². The van der Waals surface area contributed by atoms with Crippen LogP contribution < -0.4 is 11.1 Å². The number of amides is 1. The molecular weight excluding hydrogens is 246 g/mol. The maximum Gasteiger partial charge on any atom is 0.340 e. The van der Waals surface area contributed by atoms with E-state index in [1.165, 1.54) is 0 Å². The van der Waals surface area contributed by atoms with E-state index in [0.717, 1.165) is 5.56 Å². The second kappa shape index (κ2) is 7.01. The summed E-state index contributed by atoms with van der Waals surface area (Å²) in [6.45, 7) is 1.67. The maximum atomic E-state index is 11.7. The van der Waals surface area contributed by atoms with E-state index in [-0.39, 0.29) is 18.5 Å². The number of ether oxygens (including phenoxy) is 1. The summed E-state index contributed by atoms with van der Waals surface area (Å²) >= 11 is 0. The first-order valence-corrected chi connectivity index (χ1v) is 5.71. The molecule has 1 aromatic carbocycles. The fourth-order valence-electron chi connectivity index (χ4n) is 1.36. The molecule has 1 rings (SSSR count). The van der Waals surface area contributed by atoms with Crippen molar-refractivity contribution in [1.82, 2.24) is 5.32 Å². The molecule has 0 aliphatic heterocycles. The smallest absolute Gasteiger partial charge is 0.340 e. The van der Waals surface area contributed by atoms with Crippen molar-refractivity contribution in [2.75, 3.05) is 18.9 Å². The number of esters is 1. The summed E-state index contributed by atoms with van der Waals surface area (Å²) < 4.78 is 4.84. The number of nitrogens with one attached hydrogen (secondary N) is 1. The van der Waals surface area contributed by atoms with Gasteiger partial charge in [-0.05, 0) is 19.1 Å². The summed E-state index contributed by atoms with van der Waals surface area (Å²) in [6.07, 6.45) is 0.213. The first-order valence-electron chi connectivity index (χ1n) is 5.71. The third-order valence-electron chi connectivity index (χ3n) is 2.32. The van der Waals surface area contributed by atoms with Crippen LogP contribution in [0.2, 0.25) is 0 Å². The second-order valence-electron chi connectivity index (χ2n) is 3.92. The molecule has 0 bridgehead atoms. The minimum Gasteiger partial charge on any atom is -0.452 e. The predicted molar refractivity (Wildman–Crippen MR) is 69.1 cm³/mol. The van der Waals surface area contributed by atoms with Crippen LogP contribution in [0.5, 0.6) is 0 Å². The van der Waals surface area contributed by atoms with Crippen LogP contribution >= 0.6 is 0 Å². The highest BCUT2D eigenvalue weighted by Crippen LogP contribution is 2.14. The number of anilines is 1.